The number of hydrogen-bond donors (Lipinski definition) is 3. The van der Waals surface area contributed by atoms with Gasteiger partial charge in [0.15, 0.2) is 0 Å². The van der Waals surface area contributed by atoms with Crippen LogP contribution in [0.1, 0.15) is 15.9 Å². The van der Waals surface area contributed by atoms with Crippen LogP contribution in [0.25, 0.3) is 11.0 Å². The van der Waals surface area contributed by atoms with Crippen molar-refractivity contribution in [2.75, 3.05) is 5.01 Å². The van der Waals surface area contributed by atoms with Crippen molar-refractivity contribution in [2.45, 2.75) is 6.54 Å². The predicted molar refractivity (Wildman–Crippen MR) is 81.4 cm³/mol. The van der Waals surface area contributed by atoms with E-state index < -0.39 is 5.91 Å². The summed E-state index contributed by atoms with van der Waals surface area (Å²) < 4.78 is 0. The highest BCUT2D eigenvalue weighted by atomic mass is 16.1. The molecule has 0 bridgehead atoms. The van der Waals surface area contributed by atoms with Crippen molar-refractivity contribution in [1.29, 1.82) is 0 Å². The van der Waals surface area contributed by atoms with Crippen molar-refractivity contribution >= 4 is 22.6 Å². The zero-order valence-corrected chi connectivity index (χ0v) is 11.3. The first kappa shape index (κ1) is 13.1. The normalized spacial score (nSPS) is 10.7. The molecule has 0 radical (unpaired) electrons. The molecule has 1 aromatic heterocycles. The Kier molecular flexibility index (Phi) is 3.29. The molecule has 0 atom stereocenters. The number of nitrogens with zero attached hydrogens (tertiary/aromatic N) is 2. The van der Waals surface area contributed by atoms with Crippen molar-refractivity contribution in [3.05, 3.63) is 59.9 Å². The molecule has 0 saturated carbocycles. The molecule has 0 spiro atoms. The summed E-state index contributed by atoms with van der Waals surface area (Å²) in [5.74, 6) is 5.59. The monoisotopic (exact) mass is 281 g/mol. The number of H-pyrrole nitrogens is 1. The largest absolute Gasteiger partial charge is 0.366 e. The number of primary amides is 1. The molecule has 6 nitrogen and oxygen atoms in total. The van der Waals surface area contributed by atoms with E-state index in [0.29, 0.717) is 17.8 Å². The fourth-order valence-electron chi connectivity index (χ4n) is 2.27. The molecule has 1 amide bonds. The number of carbonyl (C=O) groups is 1. The molecule has 21 heavy (non-hydrogen) atoms. The smallest absolute Gasteiger partial charge is 0.250 e. The van der Waals surface area contributed by atoms with Crippen molar-refractivity contribution in [3.8, 4) is 0 Å². The number of amides is 1. The topological polar surface area (TPSA) is 101 Å². The van der Waals surface area contributed by atoms with E-state index in [2.05, 4.69) is 9.97 Å². The quantitative estimate of drug-likeness (QED) is 0.498. The summed E-state index contributed by atoms with van der Waals surface area (Å²) in [5.41, 5.74) is 8.90. The second kappa shape index (κ2) is 5.26. The van der Waals surface area contributed by atoms with Gasteiger partial charge in [-0.1, -0.05) is 30.3 Å². The minimum Gasteiger partial charge on any atom is -0.366 e. The lowest BCUT2D eigenvalue weighted by Gasteiger charge is -2.21. The van der Waals surface area contributed by atoms with E-state index in [9.17, 15) is 4.79 Å². The predicted octanol–water partition coefficient (Wildman–Crippen LogP) is 1.54. The molecule has 0 aliphatic heterocycles. The van der Waals surface area contributed by atoms with E-state index >= 15 is 0 Å². The third-order valence-electron chi connectivity index (χ3n) is 3.31. The van der Waals surface area contributed by atoms with Crippen LogP contribution in [0.5, 0.6) is 0 Å². The highest BCUT2D eigenvalue weighted by Gasteiger charge is 2.15. The molecular weight excluding hydrogens is 266 g/mol. The molecule has 2 aromatic carbocycles. The Balaban J connectivity index is 2.01. The lowest BCUT2D eigenvalue weighted by atomic mass is 10.1. The number of benzene rings is 2. The number of hydrazine groups is 1. The second-order valence-electron chi connectivity index (χ2n) is 4.77. The Hall–Kier alpha value is -2.86. The summed E-state index contributed by atoms with van der Waals surface area (Å²) in [5, 5.41) is 1.50. The van der Waals surface area contributed by atoms with Gasteiger partial charge in [0.1, 0.15) is 0 Å². The Morgan fingerprint density at radius 3 is 2.71 bits per heavy atom. The fourth-order valence-corrected chi connectivity index (χ4v) is 2.27. The van der Waals surface area contributed by atoms with Crippen molar-refractivity contribution in [2.24, 2.45) is 11.6 Å². The van der Waals surface area contributed by atoms with Gasteiger partial charge in [-0.25, -0.2) is 10.8 Å². The molecule has 1 heterocycles. The number of rotatable bonds is 4. The van der Waals surface area contributed by atoms with Crippen LogP contribution in [0.4, 0.5) is 5.69 Å². The van der Waals surface area contributed by atoms with Gasteiger partial charge in [-0.05, 0) is 17.7 Å². The van der Waals surface area contributed by atoms with Gasteiger partial charge in [0.2, 0.25) is 0 Å². The highest BCUT2D eigenvalue weighted by molar-refractivity contribution is 6.02. The van der Waals surface area contributed by atoms with Gasteiger partial charge in [-0.15, -0.1) is 0 Å². The maximum Gasteiger partial charge on any atom is 0.250 e. The third kappa shape index (κ3) is 2.56. The number of aromatic nitrogens is 2. The minimum absolute atomic E-state index is 0.366. The molecule has 5 N–H and O–H groups in total. The van der Waals surface area contributed by atoms with E-state index in [0.717, 1.165) is 16.6 Å². The molecule has 0 unspecified atom stereocenters. The summed E-state index contributed by atoms with van der Waals surface area (Å²) in [7, 11) is 0. The second-order valence-corrected chi connectivity index (χ2v) is 4.77. The van der Waals surface area contributed by atoms with Gasteiger partial charge >= 0.3 is 0 Å². The number of fused-ring (bicyclic) bond motifs is 1. The van der Waals surface area contributed by atoms with Gasteiger partial charge in [0.05, 0.1) is 35.2 Å². The molecule has 3 aromatic rings. The third-order valence-corrected chi connectivity index (χ3v) is 3.31. The lowest BCUT2D eigenvalue weighted by Crippen LogP contribution is -2.32. The maximum absolute atomic E-state index is 11.6. The van der Waals surface area contributed by atoms with Crippen LogP contribution in [0, 0.1) is 0 Å². The number of nitrogens with two attached hydrogens (primary N) is 2. The van der Waals surface area contributed by atoms with Crippen LogP contribution < -0.4 is 16.6 Å². The van der Waals surface area contributed by atoms with Crippen LogP contribution in [0.3, 0.4) is 0 Å². The van der Waals surface area contributed by atoms with E-state index in [-0.39, 0.29) is 0 Å². The van der Waals surface area contributed by atoms with Gasteiger partial charge in [0, 0.05) is 0 Å². The number of anilines is 1. The Bertz CT molecular complexity index is 781. The van der Waals surface area contributed by atoms with E-state index in [1.165, 1.54) is 5.01 Å². The van der Waals surface area contributed by atoms with Gasteiger partial charge < -0.3 is 15.7 Å². The lowest BCUT2D eigenvalue weighted by molar-refractivity contribution is 0.100. The fraction of sp³-hybridized carbons (Fsp3) is 0.0667. The van der Waals surface area contributed by atoms with E-state index in [4.69, 9.17) is 11.6 Å². The van der Waals surface area contributed by atoms with Crippen LogP contribution in [0.15, 0.2) is 48.8 Å². The van der Waals surface area contributed by atoms with E-state index in [1.807, 2.05) is 30.3 Å². The molecule has 0 aliphatic carbocycles. The Labute approximate surface area is 121 Å². The van der Waals surface area contributed by atoms with Crippen LogP contribution in [-0.2, 0) is 6.54 Å². The first-order valence-corrected chi connectivity index (χ1v) is 6.48. The minimum atomic E-state index is -0.523. The first-order valence-electron chi connectivity index (χ1n) is 6.48. The number of hydrogen-bond acceptors (Lipinski definition) is 4. The zero-order valence-electron chi connectivity index (χ0n) is 11.3. The maximum atomic E-state index is 11.6. The summed E-state index contributed by atoms with van der Waals surface area (Å²) in [6.45, 7) is 0.469. The molecule has 6 heteroatoms. The van der Waals surface area contributed by atoms with E-state index in [1.54, 1.807) is 18.5 Å². The first-order chi connectivity index (χ1) is 10.1. The van der Waals surface area contributed by atoms with Crippen LogP contribution >= 0.6 is 0 Å². The Morgan fingerprint density at radius 1 is 1.24 bits per heavy atom. The summed E-state index contributed by atoms with van der Waals surface area (Å²) in [4.78, 5) is 18.8. The molecule has 0 aliphatic rings. The summed E-state index contributed by atoms with van der Waals surface area (Å²) in [6, 6.07) is 13.2. The average molecular weight is 281 g/mol. The highest BCUT2D eigenvalue weighted by Crippen LogP contribution is 2.24. The summed E-state index contributed by atoms with van der Waals surface area (Å²) >= 11 is 0. The number of imidazole rings is 1. The van der Waals surface area contributed by atoms with Crippen molar-refractivity contribution < 1.29 is 4.79 Å². The molecule has 0 fully saturated rings. The number of nitrogens with one attached hydrogen (secondary N) is 1. The molecular formula is C15H15N5O. The van der Waals surface area contributed by atoms with Crippen molar-refractivity contribution in [1.82, 2.24) is 9.97 Å². The van der Waals surface area contributed by atoms with Gasteiger partial charge in [0.25, 0.3) is 5.91 Å². The Morgan fingerprint density at radius 2 is 2.00 bits per heavy atom. The average Bonchev–Trinajstić information content (AvgIpc) is 2.94. The number of aromatic amines is 1. The standard InChI is InChI=1S/C15H15N5O/c16-15(21)11-6-12-13(19-9-18-12)7-14(11)20(17)8-10-4-2-1-3-5-10/h1-7,9H,8,17H2,(H2,16,21)(H,18,19). The SMILES string of the molecule is NC(=O)c1cc2[nH]cnc2cc1N(N)Cc1ccccc1. The van der Waals surface area contributed by atoms with Crippen LogP contribution in [0.2, 0.25) is 0 Å². The zero-order chi connectivity index (χ0) is 14.8. The number of carbonyl (C=O) groups excluding carboxylic acids is 1. The summed E-state index contributed by atoms with van der Waals surface area (Å²) in [6.07, 6.45) is 1.57. The van der Waals surface area contributed by atoms with Crippen LogP contribution in [-0.4, -0.2) is 15.9 Å². The molecule has 106 valence electrons. The molecule has 3 rings (SSSR count). The van der Waals surface area contributed by atoms with Gasteiger partial charge in [-0.3, -0.25) is 4.79 Å². The van der Waals surface area contributed by atoms with Crippen molar-refractivity contribution in [3.63, 3.8) is 0 Å². The van der Waals surface area contributed by atoms with Gasteiger partial charge in [-0.2, -0.15) is 0 Å². The molecule has 0 saturated heterocycles.